The highest BCUT2D eigenvalue weighted by Gasteiger charge is 2.63. The van der Waals surface area contributed by atoms with E-state index in [1.54, 1.807) is 6.07 Å². The molecule has 3 atom stereocenters. The molecule has 41 heavy (non-hydrogen) atoms. The Bertz CT molecular complexity index is 1450. The zero-order chi connectivity index (χ0) is 28.8. The van der Waals surface area contributed by atoms with Crippen LogP contribution in [0.15, 0.2) is 71.2 Å². The summed E-state index contributed by atoms with van der Waals surface area (Å²) in [5.74, 6) is -3.52. The topological polar surface area (TPSA) is 92.8 Å². The van der Waals surface area contributed by atoms with Crippen molar-refractivity contribution in [2.24, 2.45) is 11.8 Å². The first-order valence-electron chi connectivity index (χ1n) is 14.1. The molecule has 0 aromatic heterocycles. The minimum atomic E-state index is -1.08. The van der Waals surface area contributed by atoms with E-state index in [0.29, 0.717) is 12.1 Å². The Kier molecular flexibility index (Phi) is 7.28. The van der Waals surface area contributed by atoms with Gasteiger partial charge in [-0.1, -0.05) is 84.2 Å². The summed E-state index contributed by atoms with van der Waals surface area (Å²) >= 11 is 3.43. The first-order chi connectivity index (χ1) is 19.8. The first kappa shape index (κ1) is 27.4. The minimum absolute atomic E-state index is 0.248. The van der Waals surface area contributed by atoms with Gasteiger partial charge in [0.1, 0.15) is 6.04 Å². The molecule has 4 aliphatic rings. The average molecular weight is 616 g/mol. The molecule has 2 bridgehead atoms. The number of likely N-dealkylation sites (tertiary alicyclic amines) is 1. The maximum absolute atomic E-state index is 14.1. The zero-order valence-corrected chi connectivity index (χ0v) is 24.5. The van der Waals surface area contributed by atoms with E-state index in [9.17, 15) is 19.2 Å². The second kappa shape index (κ2) is 10.9. The molecule has 0 radical (unpaired) electrons. The third kappa shape index (κ3) is 4.58. The molecule has 0 saturated carbocycles. The predicted molar refractivity (Wildman–Crippen MR) is 157 cm³/mol. The van der Waals surface area contributed by atoms with Gasteiger partial charge in [0, 0.05) is 22.0 Å². The summed E-state index contributed by atoms with van der Waals surface area (Å²) in [7, 11) is 0. The van der Waals surface area contributed by atoms with Gasteiger partial charge < -0.3 is 10.1 Å². The van der Waals surface area contributed by atoms with E-state index in [-0.39, 0.29) is 30.1 Å². The number of nitrogens with zero attached hydrogens (tertiary/aromatic N) is 1. The third-order valence-electron chi connectivity index (χ3n) is 8.68. The van der Waals surface area contributed by atoms with E-state index in [1.165, 1.54) is 4.90 Å². The lowest BCUT2D eigenvalue weighted by molar-refractivity contribution is -0.160. The summed E-state index contributed by atoms with van der Waals surface area (Å²) < 4.78 is 6.36. The highest BCUT2D eigenvalue weighted by Crippen LogP contribution is 2.61. The number of ether oxygens (including phenoxy) is 1. The van der Waals surface area contributed by atoms with E-state index in [1.807, 2.05) is 74.5 Å². The quantitative estimate of drug-likeness (QED) is 0.260. The fourth-order valence-corrected chi connectivity index (χ4v) is 7.16. The molecular weight excluding hydrogens is 584 g/mol. The maximum Gasteiger partial charge on any atom is 0.329 e. The molecule has 8 heteroatoms. The van der Waals surface area contributed by atoms with Crippen molar-refractivity contribution in [2.75, 3.05) is 11.9 Å². The van der Waals surface area contributed by atoms with Crippen LogP contribution < -0.4 is 5.32 Å². The lowest BCUT2D eigenvalue weighted by Gasteiger charge is -2.45. The lowest BCUT2D eigenvalue weighted by Crippen LogP contribution is -2.47. The Morgan fingerprint density at radius 2 is 1.44 bits per heavy atom. The molecule has 1 saturated heterocycles. The Morgan fingerprint density at radius 1 is 0.902 bits per heavy atom. The molecule has 3 amide bonds. The standard InChI is InChI=1S/C33H31BrN2O5/c1-3-4-13-25(33(40)41-17-26(37)35-19-14-15-24(34)18(2)16-19)36-31(38)29-27-20-9-5-6-10-21(20)28(30(29)32(36)39)23-12-8-7-11-22(23)27/h5-12,14-16,25,27-30H,3-4,13,17H2,1-2H3,(H,35,37)/t25-,27?,28?,29-,30+/m0/s1. The van der Waals surface area contributed by atoms with E-state index in [0.717, 1.165) is 38.7 Å². The van der Waals surface area contributed by atoms with Crippen LogP contribution in [0.2, 0.25) is 0 Å². The molecule has 1 heterocycles. The van der Waals surface area contributed by atoms with Gasteiger partial charge in [-0.25, -0.2) is 4.79 Å². The van der Waals surface area contributed by atoms with Gasteiger partial charge in [0.05, 0.1) is 11.8 Å². The molecule has 1 N–H and O–H groups in total. The molecule has 3 aliphatic carbocycles. The van der Waals surface area contributed by atoms with Crippen LogP contribution >= 0.6 is 15.9 Å². The molecule has 7 nitrogen and oxygen atoms in total. The number of benzene rings is 3. The molecule has 1 fully saturated rings. The molecular formula is C33H31BrN2O5. The number of nitrogens with one attached hydrogen (secondary N) is 1. The van der Waals surface area contributed by atoms with Crippen molar-refractivity contribution in [3.8, 4) is 0 Å². The number of hydrogen-bond donors (Lipinski definition) is 1. The van der Waals surface area contributed by atoms with Gasteiger partial charge in [0.2, 0.25) is 11.8 Å². The van der Waals surface area contributed by atoms with Crippen LogP contribution in [0.5, 0.6) is 0 Å². The Balaban J connectivity index is 1.25. The van der Waals surface area contributed by atoms with Gasteiger partial charge >= 0.3 is 5.97 Å². The number of carbonyl (C=O) groups excluding carboxylic acids is 4. The van der Waals surface area contributed by atoms with Crippen molar-refractivity contribution in [1.82, 2.24) is 4.90 Å². The molecule has 1 aliphatic heterocycles. The maximum atomic E-state index is 14.1. The number of anilines is 1. The van der Waals surface area contributed by atoms with E-state index in [2.05, 4.69) is 21.2 Å². The number of amides is 3. The SMILES string of the molecule is CCCC[C@@H](C(=O)OCC(=O)Nc1ccc(Br)c(C)c1)N1C(=O)[C@@H]2C3c4ccccc4C(c4ccccc43)[C@@H]2C1=O. The van der Waals surface area contributed by atoms with Gasteiger partial charge in [-0.15, -0.1) is 0 Å². The number of halogens is 1. The number of unbranched alkanes of at least 4 members (excludes halogenated alkanes) is 1. The van der Waals surface area contributed by atoms with Crippen molar-refractivity contribution in [2.45, 2.75) is 51.0 Å². The molecule has 210 valence electrons. The monoisotopic (exact) mass is 614 g/mol. The smallest absolute Gasteiger partial charge is 0.329 e. The van der Waals surface area contributed by atoms with Gasteiger partial charge in [-0.3, -0.25) is 19.3 Å². The Hall–Kier alpha value is -3.78. The second-order valence-electron chi connectivity index (χ2n) is 11.1. The van der Waals surface area contributed by atoms with Gasteiger partial charge in [-0.05, 0) is 59.4 Å². The largest absolute Gasteiger partial charge is 0.454 e. The highest BCUT2D eigenvalue weighted by molar-refractivity contribution is 9.10. The first-order valence-corrected chi connectivity index (χ1v) is 14.9. The molecule has 0 unspecified atom stereocenters. The van der Waals surface area contributed by atoms with Crippen LogP contribution in [0.1, 0.15) is 65.8 Å². The Labute approximate surface area is 247 Å². The number of esters is 1. The van der Waals surface area contributed by atoms with Gasteiger partial charge in [0.15, 0.2) is 6.61 Å². The van der Waals surface area contributed by atoms with Crippen LogP contribution in [-0.4, -0.2) is 41.2 Å². The fraction of sp³-hybridized carbons (Fsp3) is 0.333. The predicted octanol–water partition coefficient (Wildman–Crippen LogP) is 5.69. The van der Waals surface area contributed by atoms with Crippen LogP contribution in [0.4, 0.5) is 5.69 Å². The van der Waals surface area contributed by atoms with Crippen molar-refractivity contribution >= 4 is 45.3 Å². The normalized spacial score (nSPS) is 22.6. The summed E-state index contributed by atoms with van der Waals surface area (Å²) in [5.41, 5.74) is 5.84. The number of imide groups is 1. The summed E-state index contributed by atoms with van der Waals surface area (Å²) in [5, 5.41) is 2.73. The van der Waals surface area contributed by atoms with E-state index in [4.69, 9.17) is 4.74 Å². The fourth-order valence-electron chi connectivity index (χ4n) is 6.91. The summed E-state index contributed by atoms with van der Waals surface area (Å²) in [4.78, 5) is 55.5. The second-order valence-corrected chi connectivity index (χ2v) is 11.9. The van der Waals surface area contributed by atoms with Crippen molar-refractivity contribution < 1.29 is 23.9 Å². The van der Waals surface area contributed by atoms with E-state index < -0.39 is 36.4 Å². The summed E-state index contributed by atoms with van der Waals surface area (Å²) in [6.45, 7) is 3.38. The molecule has 0 spiro atoms. The highest BCUT2D eigenvalue weighted by atomic mass is 79.9. The van der Waals surface area contributed by atoms with Crippen molar-refractivity contribution in [1.29, 1.82) is 0 Å². The average Bonchev–Trinajstić information content (AvgIpc) is 3.24. The molecule has 3 aromatic rings. The van der Waals surface area contributed by atoms with Crippen LogP contribution in [-0.2, 0) is 23.9 Å². The van der Waals surface area contributed by atoms with E-state index >= 15 is 0 Å². The number of carbonyl (C=O) groups is 4. The minimum Gasteiger partial charge on any atom is -0.454 e. The zero-order valence-electron chi connectivity index (χ0n) is 22.9. The third-order valence-corrected chi connectivity index (χ3v) is 9.57. The molecule has 7 rings (SSSR count). The van der Waals surface area contributed by atoms with Crippen molar-refractivity contribution in [3.63, 3.8) is 0 Å². The van der Waals surface area contributed by atoms with Gasteiger partial charge in [0.25, 0.3) is 5.91 Å². The van der Waals surface area contributed by atoms with Crippen LogP contribution in [0, 0.1) is 18.8 Å². The Morgan fingerprint density at radius 3 is 1.93 bits per heavy atom. The van der Waals surface area contributed by atoms with Crippen LogP contribution in [0.25, 0.3) is 0 Å². The number of hydrogen-bond acceptors (Lipinski definition) is 5. The van der Waals surface area contributed by atoms with Crippen molar-refractivity contribution in [3.05, 3.63) is 99.0 Å². The van der Waals surface area contributed by atoms with Crippen LogP contribution in [0.3, 0.4) is 0 Å². The summed E-state index contributed by atoms with van der Waals surface area (Å²) in [6.07, 6.45) is 1.69. The van der Waals surface area contributed by atoms with Gasteiger partial charge in [-0.2, -0.15) is 0 Å². The molecule has 3 aromatic carbocycles. The summed E-state index contributed by atoms with van der Waals surface area (Å²) in [6, 6.07) is 20.4. The number of aryl methyl sites for hydroxylation is 1. The lowest BCUT2D eigenvalue weighted by atomic mass is 9.55. The number of rotatable bonds is 8.